The van der Waals surface area contributed by atoms with E-state index in [1.54, 1.807) is 0 Å². The smallest absolute Gasteiger partial charge is 0.256 e. The van der Waals surface area contributed by atoms with Gasteiger partial charge >= 0.3 is 0 Å². The van der Waals surface area contributed by atoms with E-state index in [0.717, 1.165) is 12.8 Å². The molecule has 4 N–H and O–H groups in total. The number of aliphatic hydroxyl groups excluding tert-OH is 3. The zero-order valence-electron chi connectivity index (χ0n) is 16.9. The maximum atomic E-state index is 12.8. The summed E-state index contributed by atoms with van der Waals surface area (Å²) in [6.45, 7) is 1.22. The van der Waals surface area contributed by atoms with Gasteiger partial charge in [0.25, 0.3) is 5.91 Å². The Hall–Kier alpha value is -0.890. The maximum Gasteiger partial charge on any atom is 0.256 e. The van der Waals surface area contributed by atoms with Crippen LogP contribution < -0.4 is 5.32 Å². The molecule has 0 spiro atoms. The molecule has 0 aromatic rings. The topological polar surface area (TPSA) is 145 Å². The molecule has 3 fully saturated rings. The molecule has 29 heavy (non-hydrogen) atoms. The summed E-state index contributed by atoms with van der Waals surface area (Å²) in [6, 6.07) is 0. The number of rotatable bonds is 6. The summed E-state index contributed by atoms with van der Waals surface area (Å²) in [4.78, 5) is 12.8. The molecule has 3 rings (SSSR count). The molecule has 3 aliphatic heterocycles. The number of methoxy groups -OCH3 is 2. The lowest BCUT2D eigenvalue weighted by atomic mass is 9.93. The summed E-state index contributed by atoms with van der Waals surface area (Å²) in [5, 5.41) is 33.1. The fourth-order valence-corrected chi connectivity index (χ4v) is 4.20. The predicted molar refractivity (Wildman–Crippen MR) is 95.5 cm³/mol. The van der Waals surface area contributed by atoms with Crippen molar-refractivity contribution in [3.63, 3.8) is 0 Å². The van der Waals surface area contributed by atoms with Gasteiger partial charge in [0.1, 0.15) is 37.3 Å². The van der Waals surface area contributed by atoms with E-state index in [1.807, 2.05) is 6.92 Å². The number of nitrogens with one attached hydrogen (secondary N) is 1. The average Bonchev–Trinajstić information content (AvgIpc) is 2.72. The number of carbonyl (C=O) groups excluding carboxylic acids is 1. The van der Waals surface area contributed by atoms with Gasteiger partial charge in [0.05, 0.1) is 12.7 Å². The molecule has 0 unspecified atom stereocenters. The second kappa shape index (κ2) is 9.50. The van der Waals surface area contributed by atoms with Crippen molar-refractivity contribution < 1.29 is 48.5 Å². The summed E-state index contributed by atoms with van der Waals surface area (Å²) in [6.07, 6.45) is -5.28. The fourth-order valence-electron chi connectivity index (χ4n) is 4.20. The first-order valence-corrected chi connectivity index (χ1v) is 9.78. The molecule has 0 bridgehead atoms. The van der Waals surface area contributed by atoms with E-state index in [2.05, 4.69) is 5.32 Å². The number of hydrogen-bond donors (Lipinski definition) is 4. The van der Waals surface area contributed by atoms with Gasteiger partial charge < -0.3 is 49.1 Å². The molecule has 1 amide bonds. The molecule has 0 saturated carbocycles. The molecule has 168 valence electrons. The van der Waals surface area contributed by atoms with Crippen molar-refractivity contribution in [3.05, 3.63) is 0 Å². The Morgan fingerprint density at radius 2 is 2.07 bits per heavy atom. The van der Waals surface area contributed by atoms with Crippen LogP contribution in [0.5, 0.6) is 0 Å². The molecule has 3 heterocycles. The van der Waals surface area contributed by atoms with Crippen LogP contribution >= 0.6 is 0 Å². The van der Waals surface area contributed by atoms with Crippen LogP contribution in [0.2, 0.25) is 0 Å². The van der Waals surface area contributed by atoms with E-state index in [9.17, 15) is 20.1 Å². The lowest BCUT2D eigenvalue weighted by Gasteiger charge is -2.48. The van der Waals surface area contributed by atoms with E-state index in [1.165, 1.54) is 14.2 Å². The summed E-state index contributed by atoms with van der Waals surface area (Å²) < 4.78 is 33.2. The molecule has 0 aromatic carbocycles. The molecule has 0 radical (unpaired) electrons. The first kappa shape index (κ1) is 22.8. The zero-order valence-corrected chi connectivity index (χ0v) is 16.9. The fraction of sp³-hybridized carbons (Fsp3) is 0.944. The predicted octanol–water partition coefficient (Wildman–Crippen LogP) is -1.77. The number of amides is 1. The first-order chi connectivity index (χ1) is 13.9. The molecule has 11 nitrogen and oxygen atoms in total. The molecule has 3 saturated heterocycles. The maximum absolute atomic E-state index is 12.8. The first-order valence-electron chi connectivity index (χ1n) is 9.78. The van der Waals surface area contributed by atoms with Crippen molar-refractivity contribution >= 4 is 5.91 Å². The Balaban J connectivity index is 1.72. The largest absolute Gasteiger partial charge is 0.394 e. The van der Waals surface area contributed by atoms with Crippen LogP contribution in [-0.2, 0) is 33.2 Å². The Labute approximate surface area is 169 Å². The zero-order chi connectivity index (χ0) is 21.2. The number of hydrogen-bond acceptors (Lipinski definition) is 10. The Bertz CT molecular complexity index is 565. The van der Waals surface area contributed by atoms with Crippen molar-refractivity contribution in [2.75, 3.05) is 27.6 Å². The highest BCUT2D eigenvalue weighted by molar-refractivity contribution is 5.81. The summed E-state index contributed by atoms with van der Waals surface area (Å²) >= 11 is 0. The van der Waals surface area contributed by atoms with Crippen LogP contribution in [0.15, 0.2) is 0 Å². The highest BCUT2D eigenvalue weighted by atomic mass is 16.7. The Morgan fingerprint density at radius 3 is 2.69 bits per heavy atom. The lowest BCUT2D eigenvalue weighted by molar-refractivity contribution is -0.327. The van der Waals surface area contributed by atoms with E-state index in [0.29, 0.717) is 6.42 Å². The van der Waals surface area contributed by atoms with Crippen molar-refractivity contribution in [1.29, 1.82) is 0 Å². The van der Waals surface area contributed by atoms with Crippen LogP contribution in [0.25, 0.3) is 0 Å². The van der Waals surface area contributed by atoms with Gasteiger partial charge in [-0.2, -0.15) is 0 Å². The minimum Gasteiger partial charge on any atom is -0.394 e. The SMILES string of the molecule is CO[C@H]1[C@H](O)[C@@H](CO)O[C@H]2[C@@H]1OCO[C@H]2NC(=O)[C@@H](O)[C@@]1(OC)CCC[C@@H](C)O1. The van der Waals surface area contributed by atoms with Crippen molar-refractivity contribution in [2.45, 2.75) is 80.9 Å². The highest BCUT2D eigenvalue weighted by Gasteiger charge is 2.53. The van der Waals surface area contributed by atoms with Gasteiger partial charge in [-0.15, -0.1) is 0 Å². The summed E-state index contributed by atoms with van der Waals surface area (Å²) in [7, 11) is 2.79. The normalized spacial score (nSPS) is 44.0. The van der Waals surface area contributed by atoms with Crippen molar-refractivity contribution in [3.8, 4) is 0 Å². The number of carbonyl (C=O) groups is 1. The van der Waals surface area contributed by atoms with E-state index >= 15 is 0 Å². The molecular formula is C18H31NO10. The minimum absolute atomic E-state index is 0.161. The van der Waals surface area contributed by atoms with Crippen molar-refractivity contribution in [1.82, 2.24) is 5.32 Å². The van der Waals surface area contributed by atoms with E-state index < -0.39 is 61.2 Å². The lowest BCUT2D eigenvalue weighted by Crippen LogP contribution is -2.69. The molecule has 0 aromatic heterocycles. The molecule has 0 aliphatic carbocycles. The quantitative estimate of drug-likeness (QED) is 0.389. The van der Waals surface area contributed by atoms with Crippen LogP contribution in [0.1, 0.15) is 26.2 Å². The molecular weight excluding hydrogens is 390 g/mol. The van der Waals surface area contributed by atoms with Gasteiger partial charge in [0.2, 0.25) is 5.79 Å². The number of ether oxygens (including phenoxy) is 6. The van der Waals surface area contributed by atoms with Gasteiger partial charge in [-0.25, -0.2) is 0 Å². The van der Waals surface area contributed by atoms with Gasteiger partial charge in [-0.1, -0.05) is 0 Å². The van der Waals surface area contributed by atoms with E-state index in [-0.39, 0.29) is 12.9 Å². The third kappa shape index (κ3) is 4.43. The van der Waals surface area contributed by atoms with Crippen molar-refractivity contribution in [2.24, 2.45) is 0 Å². The Kier molecular flexibility index (Phi) is 7.46. The Morgan fingerprint density at radius 1 is 1.31 bits per heavy atom. The van der Waals surface area contributed by atoms with Crippen LogP contribution in [0.3, 0.4) is 0 Å². The van der Waals surface area contributed by atoms with Crippen LogP contribution in [0, 0.1) is 0 Å². The minimum atomic E-state index is -1.60. The van der Waals surface area contributed by atoms with Gasteiger partial charge in [0.15, 0.2) is 12.3 Å². The third-order valence-electron chi connectivity index (χ3n) is 5.79. The van der Waals surface area contributed by atoms with Crippen LogP contribution in [0.4, 0.5) is 0 Å². The molecule has 3 aliphatic rings. The second-order valence-electron chi connectivity index (χ2n) is 7.60. The average molecular weight is 421 g/mol. The number of fused-ring (bicyclic) bond motifs is 1. The molecule has 9 atom stereocenters. The van der Waals surface area contributed by atoms with E-state index in [4.69, 9.17) is 28.4 Å². The molecule has 11 heteroatoms. The van der Waals surface area contributed by atoms with Gasteiger partial charge in [0, 0.05) is 20.6 Å². The van der Waals surface area contributed by atoms with Crippen LogP contribution in [-0.4, -0.2) is 104 Å². The second-order valence-corrected chi connectivity index (χ2v) is 7.60. The monoisotopic (exact) mass is 421 g/mol. The summed E-state index contributed by atoms with van der Waals surface area (Å²) in [5.74, 6) is -2.20. The summed E-state index contributed by atoms with van der Waals surface area (Å²) in [5.41, 5.74) is 0. The highest BCUT2D eigenvalue weighted by Crippen LogP contribution is 2.34. The standard InChI is InChI=1S/C18H31NO10/c1-9-5-4-6-18(25-3,29-9)15(22)16(23)19-17-14-13(26-8-27-17)12(24-2)11(21)10(7-20)28-14/h9-15,17,20-22H,4-8H2,1-3H3,(H,19,23)/t9-,10-,11-,12+,13-,14+,15-,17-,18-/m1/s1. The van der Waals surface area contributed by atoms with Gasteiger partial charge in [-0.3, -0.25) is 4.79 Å². The van der Waals surface area contributed by atoms with Gasteiger partial charge in [-0.05, 0) is 19.8 Å². The number of aliphatic hydroxyl groups is 3. The third-order valence-corrected chi connectivity index (χ3v) is 5.79.